The first kappa shape index (κ1) is 22.2. The van der Waals surface area contributed by atoms with Crippen LogP contribution in [0.4, 0.5) is 5.69 Å². The van der Waals surface area contributed by atoms with E-state index >= 15 is 0 Å². The van der Waals surface area contributed by atoms with Gasteiger partial charge in [0, 0.05) is 18.7 Å². The van der Waals surface area contributed by atoms with Crippen LogP contribution < -0.4 is 14.8 Å². The molecule has 2 aromatic rings. The largest absolute Gasteiger partial charge is 0.493 e. The number of methoxy groups -OCH3 is 1. The third kappa shape index (κ3) is 5.37. The number of benzene rings is 2. The number of nitrogens with one attached hydrogen (secondary N) is 1. The number of ether oxygens (including phenoxy) is 2. The topological polar surface area (TPSA) is 93.9 Å². The van der Waals surface area contributed by atoms with E-state index in [-0.39, 0.29) is 18.2 Å². The van der Waals surface area contributed by atoms with Crippen molar-refractivity contribution in [2.24, 2.45) is 5.92 Å². The Morgan fingerprint density at radius 2 is 1.90 bits per heavy atom. The van der Waals surface area contributed by atoms with E-state index in [0.717, 1.165) is 11.1 Å². The van der Waals surface area contributed by atoms with Gasteiger partial charge in [-0.15, -0.1) is 0 Å². The first-order valence-corrected chi connectivity index (χ1v) is 10.1. The molecule has 162 valence electrons. The number of nitro groups is 1. The third-order valence-electron chi connectivity index (χ3n) is 4.55. The molecule has 1 aliphatic heterocycles. The molecule has 0 aromatic heterocycles. The fourth-order valence-electron chi connectivity index (χ4n) is 3.04. The normalized spacial score (nSPS) is 14.8. The van der Waals surface area contributed by atoms with Crippen LogP contribution in [0.1, 0.15) is 25.0 Å². The minimum absolute atomic E-state index is 0.0280. The van der Waals surface area contributed by atoms with E-state index in [1.54, 1.807) is 35.2 Å². The van der Waals surface area contributed by atoms with Crippen molar-refractivity contribution in [3.63, 3.8) is 0 Å². The Hall–Kier alpha value is -3.46. The summed E-state index contributed by atoms with van der Waals surface area (Å²) in [7, 11) is 1.53. The van der Waals surface area contributed by atoms with Gasteiger partial charge in [0.15, 0.2) is 16.6 Å². The lowest BCUT2D eigenvalue weighted by atomic mass is 10.1. The van der Waals surface area contributed by atoms with E-state index in [9.17, 15) is 14.9 Å². The van der Waals surface area contributed by atoms with Gasteiger partial charge in [-0.05, 0) is 59.6 Å². The van der Waals surface area contributed by atoms with E-state index in [2.05, 4.69) is 5.32 Å². The van der Waals surface area contributed by atoms with Crippen LogP contribution in [-0.4, -0.2) is 34.5 Å². The summed E-state index contributed by atoms with van der Waals surface area (Å²) in [4.78, 5) is 24.5. The first-order chi connectivity index (χ1) is 14.8. The lowest BCUT2D eigenvalue weighted by Crippen LogP contribution is -2.33. The summed E-state index contributed by atoms with van der Waals surface area (Å²) in [6.07, 6.45) is 1.72. The average molecular weight is 442 g/mol. The van der Waals surface area contributed by atoms with Gasteiger partial charge in [0.1, 0.15) is 12.3 Å². The van der Waals surface area contributed by atoms with Gasteiger partial charge in [0.2, 0.25) is 0 Å². The van der Waals surface area contributed by atoms with E-state index in [0.29, 0.717) is 34.8 Å². The maximum Gasteiger partial charge on any atom is 0.276 e. The van der Waals surface area contributed by atoms with E-state index in [4.69, 9.17) is 21.7 Å². The molecule has 2 aromatic carbocycles. The summed E-state index contributed by atoms with van der Waals surface area (Å²) in [5.41, 5.74) is 1.98. The molecule has 9 heteroatoms. The SMILES string of the molecule is COc1cc(/C=C2/NC(=S)N(CC(C)C)C2=O)ccc1OCc1ccc([N+](=O)[O-])cc1. The predicted octanol–water partition coefficient (Wildman–Crippen LogP) is 3.90. The summed E-state index contributed by atoms with van der Waals surface area (Å²) in [5, 5.41) is 14.1. The van der Waals surface area contributed by atoms with Crippen molar-refractivity contribution in [1.82, 2.24) is 10.2 Å². The predicted molar refractivity (Wildman–Crippen MR) is 121 cm³/mol. The summed E-state index contributed by atoms with van der Waals surface area (Å²) in [5.74, 6) is 1.17. The fourth-order valence-corrected chi connectivity index (χ4v) is 3.30. The summed E-state index contributed by atoms with van der Waals surface area (Å²) in [6, 6.07) is 11.5. The molecule has 8 nitrogen and oxygen atoms in total. The number of amides is 1. The molecule has 1 N–H and O–H groups in total. The number of carbonyl (C=O) groups excluding carboxylic acids is 1. The molecule has 1 amide bonds. The standard InChI is InChI=1S/C22H23N3O5S/c1-14(2)12-24-21(26)18(23-22(24)31)10-16-6-9-19(20(11-16)29-3)30-13-15-4-7-17(8-5-15)25(27)28/h4-11,14H,12-13H2,1-3H3,(H,23,31)/b18-10+. The van der Waals surface area contributed by atoms with Crippen molar-refractivity contribution >= 4 is 35.0 Å². The lowest BCUT2D eigenvalue weighted by molar-refractivity contribution is -0.384. The summed E-state index contributed by atoms with van der Waals surface area (Å²) < 4.78 is 11.2. The van der Waals surface area contributed by atoms with Crippen LogP contribution >= 0.6 is 12.2 Å². The Bertz CT molecular complexity index is 1030. The molecule has 0 bridgehead atoms. The van der Waals surface area contributed by atoms with Crippen molar-refractivity contribution in [3.05, 3.63) is 69.4 Å². The van der Waals surface area contributed by atoms with E-state index in [1.807, 2.05) is 19.9 Å². The highest BCUT2D eigenvalue weighted by Gasteiger charge is 2.30. The number of non-ortho nitro benzene ring substituents is 1. The maximum atomic E-state index is 12.6. The first-order valence-electron chi connectivity index (χ1n) is 9.67. The van der Waals surface area contributed by atoms with E-state index < -0.39 is 4.92 Å². The number of nitrogens with zero attached hydrogens (tertiary/aromatic N) is 2. The van der Waals surface area contributed by atoms with Crippen molar-refractivity contribution in [3.8, 4) is 11.5 Å². The molecular weight excluding hydrogens is 418 g/mol. The minimum Gasteiger partial charge on any atom is -0.493 e. The number of carbonyl (C=O) groups is 1. The molecule has 0 aliphatic carbocycles. The fraction of sp³-hybridized carbons (Fsp3) is 0.273. The number of rotatable bonds is 8. The van der Waals surface area contributed by atoms with Crippen LogP contribution in [0.25, 0.3) is 6.08 Å². The molecule has 31 heavy (non-hydrogen) atoms. The Labute approximate surface area is 185 Å². The lowest BCUT2D eigenvalue weighted by Gasteiger charge is -2.16. The van der Waals surface area contributed by atoms with Gasteiger partial charge in [0.25, 0.3) is 11.6 Å². The molecule has 0 unspecified atom stereocenters. The van der Waals surface area contributed by atoms with Crippen molar-refractivity contribution < 1.29 is 19.2 Å². The number of hydrogen-bond donors (Lipinski definition) is 1. The Morgan fingerprint density at radius 1 is 1.19 bits per heavy atom. The van der Waals surface area contributed by atoms with Gasteiger partial charge < -0.3 is 14.8 Å². The number of hydrogen-bond acceptors (Lipinski definition) is 6. The van der Waals surface area contributed by atoms with Gasteiger partial charge in [-0.3, -0.25) is 19.8 Å². The van der Waals surface area contributed by atoms with E-state index in [1.165, 1.54) is 19.2 Å². The minimum atomic E-state index is -0.445. The molecule has 0 spiro atoms. The second-order valence-corrected chi connectivity index (χ2v) is 7.81. The second kappa shape index (κ2) is 9.57. The van der Waals surface area contributed by atoms with Crippen molar-refractivity contribution in [1.29, 1.82) is 0 Å². The van der Waals surface area contributed by atoms with Crippen LogP contribution in [0.3, 0.4) is 0 Å². The molecular formula is C22H23N3O5S. The zero-order chi connectivity index (χ0) is 22.5. The summed E-state index contributed by atoms with van der Waals surface area (Å²) in [6.45, 7) is 4.84. The van der Waals surface area contributed by atoms with Crippen molar-refractivity contribution in [2.45, 2.75) is 20.5 Å². The van der Waals surface area contributed by atoms with Crippen LogP contribution in [0.2, 0.25) is 0 Å². The average Bonchev–Trinajstić information content (AvgIpc) is 2.99. The summed E-state index contributed by atoms with van der Waals surface area (Å²) >= 11 is 5.27. The smallest absolute Gasteiger partial charge is 0.276 e. The van der Waals surface area contributed by atoms with Gasteiger partial charge in [0.05, 0.1) is 12.0 Å². The quantitative estimate of drug-likeness (QED) is 0.287. The van der Waals surface area contributed by atoms with Crippen LogP contribution in [0.5, 0.6) is 11.5 Å². The molecule has 3 rings (SSSR count). The molecule has 0 saturated carbocycles. The van der Waals surface area contributed by atoms with Crippen molar-refractivity contribution in [2.75, 3.05) is 13.7 Å². The number of thiocarbonyl (C=S) groups is 1. The van der Waals surface area contributed by atoms with Gasteiger partial charge >= 0.3 is 0 Å². The molecule has 0 atom stereocenters. The maximum absolute atomic E-state index is 12.6. The highest BCUT2D eigenvalue weighted by Crippen LogP contribution is 2.30. The Kier molecular flexibility index (Phi) is 6.86. The highest BCUT2D eigenvalue weighted by atomic mass is 32.1. The Morgan fingerprint density at radius 3 is 2.52 bits per heavy atom. The van der Waals surface area contributed by atoms with Gasteiger partial charge in [-0.25, -0.2) is 0 Å². The third-order valence-corrected chi connectivity index (χ3v) is 4.87. The molecule has 1 heterocycles. The van der Waals surface area contributed by atoms with Gasteiger partial charge in [-0.1, -0.05) is 19.9 Å². The molecule has 1 aliphatic rings. The van der Waals surface area contributed by atoms with Crippen LogP contribution in [0, 0.1) is 16.0 Å². The Balaban J connectivity index is 1.72. The highest BCUT2D eigenvalue weighted by molar-refractivity contribution is 7.80. The van der Waals surface area contributed by atoms with Crippen LogP contribution in [0.15, 0.2) is 48.2 Å². The molecule has 1 saturated heterocycles. The molecule has 1 fully saturated rings. The number of nitro benzene ring substituents is 1. The monoisotopic (exact) mass is 441 g/mol. The zero-order valence-electron chi connectivity index (χ0n) is 17.5. The van der Waals surface area contributed by atoms with Gasteiger partial charge in [-0.2, -0.15) is 0 Å². The molecule has 0 radical (unpaired) electrons. The van der Waals surface area contributed by atoms with Crippen LogP contribution in [-0.2, 0) is 11.4 Å². The zero-order valence-corrected chi connectivity index (χ0v) is 18.3. The second-order valence-electron chi connectivity index (χ2n) is 7.42.